The van der Waals surface area contributed by atoms with Crippen LogP contribution in [-0.4, -0.2) is 63.1 Å². The van der Waals surface area contributed by atoms with Crippen LogP contribution in [0.25, 0.3) is 10.8 Å². The lowest BCUT2D eigenvalue weighted by Crippen LogP contribution is -2.43. The molecule has 4 aliphatic rings. The monoisotopic (exact) mass is 656 g/mol. The average Bonchev–Trinajstić information content (AvgIpc) is 3.51. The molecule has 4 amide bonds. The molecule has 49 heavy (non-hydrogen) atoms. The number of benzene rings is 4. The third-order valence-corrected chi connectivity index (χ3v) is 10.8. The highest BCUT2D eigenvalue weighted by Gasteiger charge is 2.62. The van der Waals surface area contributed by atoms with Gasteiger partial charge in [-0.15, -0.1) is 0 Å². The average molecular weight is 656 g/mol. The van der Waals surface area contributed by atoms with Crippen LogP contribution in [0.1, 0.15) is 24.3 Å². The molecule has 11 nitrogen and oxygen atoms in total. The van der Waals surface area contributed by atoms with E-state index in [1.807, 2.05) is 24.3 Å². The van der Waals surface area contributed by atoms with Gasteiger partial charge in [0.15, 0.2) is 0 Å². The highest BCUT2D eigenvalue weighted by Crippen LogP contribution is 2.59. The van der Waals surface area contributed by atoms with Crippen molar-refractivity contribution < 1.29 is 44.4 Å². The summed E-state index contributed by atoms with van der Waals surface area (Å²) in [6.45, 7) is 0. The minimum absolute atomic E-state index is 0.0375. The predicted molar refractivity (Wildman–Crippen MR) is 181 cm³/mol. The number of allylic oxidation sites excluding steroid dienone is 2. The molecule has 2 heterocycles. The largest absolute Gasteiger partial charge is 0.507 e. The zero-order valence-corrected chi connectivity index (χ0v) is 26.0. The van der Waals surface area contributed by atoms with Crippen LogP contribution < -0.4 is 20.7 Å². The van der Waals surface area contributed by atoms with Crippen molar-refractivity contribution in [2.75, 3.05) is 9.80 Å². The van der Waals surface area contributed by atoms with E-state index in [4.69, 9.17) is 0 Å². The van der Waals surface area contributed by atoms with Gasteiger partial charge in [-0.3, -0.25) is 29.0 Å². The number of hydrogen-bond acceptors (Lipinski definition) is 9. The summed E-state index contributed by atoms with van der Waals surface area (Å²) in [5, 5.41) is 52.1. The molecule has 1 saturated carbocycles. The van der Waals surface area contributed by atoms with Crippen molar-refractivity contribution >= 4 is 70.9 Å². The maximum absolute atomic E-state index is 14.4. The highest BCUT2D eigenvalue weighted by atomic mass is 16.4. The molecule has 2 aliphatic carbocycles. The number of fused-ring (bicyclic) bond motifs is 5. The first-order valence-corrected chi connectivity index (χ1v) is 16.1. The molecule has 0 aromatic heterocycles. The van der Waals surface area contributed by atoms with Gasteiger partial charge in [0.1, 0.15) is 5.75 Å². The van der Waals surface area contributed by atoms with Gasteiger partial charge in [0.25, 0.3) is 0 Å². The summed E-state index contributed by atoms with van der Waals surface area (Å²) in [7, 11) is -3.62. The fraction of sp³-hybridized carbons (Fsp3) is 0.222. The first-order chi connectivity index (χ1) is 23.6. The molecule has 0 radical (unpaired) electrons. The number of rotatable bonds is 5. The molecule has 2 saturated heterocycles. The van der Waals surface area contributed by atoms with Gasteiger partial charge in [-0.1, -0.05) is 72.3 Å². The molecular weight excluding hydrogens is 626 g/mol. The van der Waals surface area contributed by atoms with Gasteiger partial charge in [0.05, 0.1) is 35.0 Å². The number of carbonyl (C=O) groups excluding carboxylic acids is 4. The molecule has 13 heteroatoms. The van der Waals surface area contributed by atoms with E-state index in [2.05, 4.69) is 0 Å². The molecule has 6 atom stereocenters. The molecule has 8 rings (SSSR count). The van der Waals surface area contributed by atoms with E-state index in [0.29, 0.717) is 16.5 Å². The van der Waals surface area contributed by atoms with E-state index in [9.17, 15) is 44.4 Å². The van der Waals surface area contributed by atoms with Crippen LogP contribution in [0.15, 0.2) is 96.6 Å². The van der Waals surface area contributed by atoms with Gasteiger partial charge >= 0.3 is 14.2 Å². The van der Waals surface area contributed by atoms with Crippen molar-refractivity contribution in [2.24, 2.45) is 29.6 Å². The summed E-state index contributed by atoms with van der Waals surface area (Å²) < 4.78 is 0. The van der Waals surface area contributed by atoms with Gasteiger partial charge in [-0.2, -0.15) is 0 Å². The predicted octanol–water partition coefficient (Wildman–Crippen LogP) is 0.950. The number of nitrogens with zero attached hydrogens (tertiary/aromatic N) is 2. The second kappa shape index (κ2) is 11.5. The number of hydrogen-bond donors (Lipinski definition) is 5. The second-order valence-electron chi connectivity index (χ2n) is 13.2. The molecule has 0 unspecified atom stereocenters. The Morgan fingerprint density at radius 2 is 1.20 bits per heavy atom. The van der Waals surface area contributed by atoms with E-state index in [1.165, 1.54) is 36.4 Å². The van der Waals surface area contributed by atoms with Crippen LogP contribution in [0.5, 0.6) is 5.75 Å². The normalized spacial score (nSPS) is 26.1. The maximum atomic E-state index is 14.4. The first-order valence-electron chi connectivity index (χ1n) is 16.1. The number of imide groups is 2. The summed E-state index contributed by atoms with van der Waals surface area (Å²) in [5.41, 5.74) is 1.74. The molecule has 2 aliphatic heterocycles. The lowest BCUT2D eigenvalue weighted by Gasteiger charge is -2.44. The minimum atomic E-state index is -1.82. The van der Waals surface area contributed by atoms with Crippen LogP contribution >= 0.6 is 0 Å². The van der Waals surface area contributed by atoms with E-state index in [0.717, 1.165) is 15.2 Å². The highest BCUT2D eigenvalue weighted by molar-refractivity contribution is 6.59. The Morgan fingerprint density at radius 1 is 0.612 bits per heavy atom. The van der Waals surface area contributed by atoms with Crippen molar-refractivity contribution in [3.05, 3.63) is 102 Å². The van der Waals surface area contributed by atoms with Gasteiger partial charge in [-0.25, -0.2) is 0 Å². The van der Waals surface area contributed by atoms with Crippen LogP contribution in [0.2, 0.25) is 0 Å². The summed E-state index contributed by atoms with van der Waals surface area (Å²) in [6, 6.07) is 22.7. The Labute approximate surface area is 281 Å². The second-order valence-corrected chi connectivity index (χ2v) is 13.2. The van der Waals surface area contributed by atoms with E-state index < -0.39 is 73.4 Å². The van der Waals surface area contributed by atoms with Gasteiger partial charge in [-0.05, 0) is 59.3 Å². The number of phenols is 1. The molecular formula is C36H30B2N2O9. The molecule has 3 fully saturated rings. The zero-order valence-electron chi connectivity index (χ0n) is 26.0. The van der Waals surface area contributed by atoms with E-state index in [-0.39, 0.29) is 40.9 Å². The van der Waals surface area contributed by atoms with Crippen LogP contribution in [0, 0.1) is 29.6 Å². The topological polar surface area (TPSA) is 176 Å². The van der Waals surface area contributed by atoms with Crippen molar-refractivity contribution in [1.82, 2.24) is 0 Å². The van der Waals surface area contributed by atoms with Crippen molar-refractivity contribution in [3.63, 3.8) is 0 Å². The Kier molecular flexibility index (Phi) is 7.34. The molecule has 244 valence electrons. The molecule has 0 spiro atoms. The zero-order chi connectivity index (χ0) is 34.3. The SMILES string of the molecule is O=C1[C@H]2[C@H](CC=C3[C@H]2C[C@H]2C(=O)N(c4cccc(B(O)O)c4)C(=O)[C@H]2[C@H]3c2ccc3ccccc3c2O)C(=O)N1c1cccc(B(O)O)c1. The lowest BCUT2D eigenvalue weighted by atomic mass is 9.57. The first kappa shape index (κ1) is 31.2. The fourth-order valence-electron chi connectivity index (χ4n) is 8.62. The fourth-order valence-corrected chi connectivity index (χ4v) is 8.62. The number of carbonyl (C=O) groups is 4. The minimum Gasteiger partial charge on any atom is -0.507 e. The Bertz CT molecular complexity index is 2120. The number of aromatic hydroxyl groups is 1. The summed E-state index contributed by atoms with van der Waals surface area (Å²) in [4.78, 5) is 59.0. The molecule has 5 N–H and O–H groups in total. The van der Waals surface area contributed by atoms with Gasteiger partial charge in [0, 0.05) is 16.9 Å². The van der Waals surface area contributed by atoms with Crippen LogP contribution in [0.3, 0.4) is 0 Å². The standard InChI is InChI=1S/C36H30B2N2O9/c41-32-23-10-2-1-5-18(23)11-12-25(32)29-24-13-14-26-30(35(44)39(33(26)42)21-8-3-6-19(15-21)37(46)47)27(24)17-28-31(29)36(45)40(34(28)43)22-9-4-7-20(16-22)38(48)49/h1-13,15-16,26-31,41,46-49H,14,17H2/t26-,27+,28+,29+,30-,31+/m0/s1. The summed E-state index contributed by atoms with van der Waals surface area (Å²) in [6.07, 6.45) is 2.19. The molecule has 4 aromatic rings. The summed E-state index contributed by atoms with van der Waals surface area (Å²) in [5.74, 6) is -6.82. The quantitative estimate of drug-likeness (QED) is 0.119. The lowest BCUT2D eigenvalue weighted by molar-refractivity contribution is -0.126. The smallest absolute Gasteiger partial charge is 0.488 e. The van der Waals surface area contributed by atoms with Crippen molar-refractivity contribution in [1.29, 1.82) is 0 Å². The summed E-state index contributed by atoms with van der Waals surface area (Å²) >= 11 is 0. The number of anilines is 2. The van der Waals surface area contributed by atoms with Gasteiger partial charge < -0.3 is 25.2 Å². The number of phenolic OH excluding ortho intramolecular Hbond substituents is 1. The van der Waals surface area contributed by atoms with Crippen molar-refractivity contribution in [2.45, 2.75) is 18.8 Å². The third-order valence-electron chi connectivity index (χ3n) is 10.8. The third kappa shape index (κ3) is 4.68. The van der Waals surface area contributed by atoms with Gasteiger partial charge in [0.2, 0.25) is 23.6 Å². The Morgan fingerprint density at radius 3 is 1.84 bits per heavy atom. The van der Waals surface area contributed by atoms with Crippen LogP contribution in [-0.2, 0) is 19.2 Å². The molecule has 0 bridgehead atoms. The Balaban J connectivity index is 1.26. The molecule has 4 aromatic carbocycles. The number of amides is 4. The van der Waals surface area contributed by atoms with Crippen LogP contribution in [0.4, 0.5) is 11.4 Å². The van der Waals surface area contributed by atoms with E-state index in [1.54, 1.807) is 30.3 Å². The van der Waals surface area contributed by atoms with Crippen molar-refractivity contribution in [3.8, 4) is 5.75 Å². The Hall–Kier alpha value is -5.07. The maximum Gasteiger partial charge on any atom is 0.488 e. The van der Waals surface area contributed by atoms with E-state index >= 15 is 0 Å².